The van der Waals surface area contributed by atoms with Gasteiger partial charge in [0.05, 0.1) is 0 Å². The van der Waals surface area contributed by atoms with Crippen LogP contribution in [0.2, 0.25) is 0 Å². The van der Waals surface area contributed by atoms with Crippen LogP contribution >= 0.6 is 0 Å². The van der Waals surface area contributed by atoms with Gasteiger partial charge in [-0.2, -0.15) is 0 Å². The van der Waals surface area contributed by atoms with E-state index in [9.17, 15) is 0 Å². The summed E-state index contributed by atoms with van der Waals surface area (Å²) in [5, 5.41) is 3.50. The van der Waals surface area contributed by atoms with Crippen molar-refractivity contribution < 1.29 is 0 Å². The fraction of sp³-hybridized carbons (Fsp3) is 0.643. The Kier molecular flexibility index (Phi) is 3.87. The van der Waals surface area contributed by atoms with Crippen LogP contribution in [0.15, 0.2) is 12.3 Å². The number of nitrogens with two attached hydrogens (primary N) is 1. The first-order valence-corrected chi connectivity index (χ1v) is 6.67. The summed E-state index contributed by atoms with van der Waals surface area (Å²) in [5.41, 5.74) is 7.76. The van der Waals surface area contributed by atoms with Gasteiger partial charge in [-0.15, -0.1) is 0 Å². The lowest BCUT2D eigenvalue weighted by Gasteiger charge is -2.28. The molecule has 0 bridgehead atoms. The van der Waals surface area contributed by atoms with E-state index in [1.807, 2.05) is 19.2 Å². The third-order valence-electron chi connectivity index (χ3n) is 3.92. The van der Waals surface area contributed by atoms with Crippen molar-refractivity contribution in [3.05, 3.63) is 17.8 Å². The zero-order chi connectivity index (χ0) is 12.3. The lowest BCUT2D eigenvalue weighted by Crippen LogP contribution is -2.26. The highest BCUT2D eigenvalue weighted by Gasteiger charge is 2.19. The van der Waals surface area contributed by atoms with Gasteiger partial charge in [0.1, 0.15) is 5.82 Å². The molecule has 1 aliphatic carbocycles. The number of aryl methyl sites for hydroxylation is 1. The summed E-state index contributed by atoms with van der Waals surface area (Å²) < 4.78 is 0. The molecule has 0 amide bonds. The topological polar surface area (TPSA) is 50.9 Å². The Morgan fingerprint density at radius 2 is 2.06 bits per heavy atom. The van der Waals surface area contributed by atoms with Crippen molar-refractivity contribution in [2.75, 3.05) is 11.1 Å². The number of rotatable bonds is 3. The number of nitrogens with one attached hydrogen (secondary N) is 1. The molecule has 0 atom stereocenters. The molecule has 1 heterocycles. The molecule has 0 aromatic carbocycles. The van der Waals surface area contributed by atoms with E-state index >= 15 is 0 Å². The Morgan fingerprint density at radius 1 is 1.35 bits per heavy atom. The van der Waals surface area contributed by atoms with E-state index in [-0.39, 0.29) is 0 Å². The lowest BCUT2D eigenvalue weighted by molar-refractivity contribution is 0.330. The van der Waals surface area contributed by atoms with Gasteiger partial charge in [-0.1, -0.05) is 13.3 Å². The van der Waals surface area contributed by atoms with E-state index in [0.29, 0.717) is 6.04 Å². The average Bonchev–Trinajstić information content (AvgIpc) is 2.35. The molecule has 0 saturated heterocycles. The number of nitrogen functional groups attached to an aromatic ring is 1. The third kappa shape index (κ3) is 3.11. The summed E-state index contributed by atoms with van der Waals surface area (Å²) in [4.78, 5) is 4.38. The van der Waals surface area contributed by atoms with Crippen LogP contribution in [-0.2, 0) is 0 Å². The molecule has 1 aromatic heterocycles. The van der Waals surface area contributed by atoms with Crippen LogP contribution in [0, 0.1) is 12.8 Å². The average molecular weight is 233 g/mol. The minimum Gasteiger partial charge on any atom is -0.398 e. The van der Waals surface area contributed by atoms with E-state index in [2.05, 4.69) is 17.2 Å². The zero-order valence-corrected chi connectivity index (χ0v) is 10.9. The highest BCUT2D eigenvalue weighted by atomic mass is 15.0. The van der Waals surface area contributed by atoms with Crippen LogP contribution in [0.4, 0.5) is 11.5 Å². The van der Waals surface area contributed by atoms with Crippen LogP contribution < -0.4 is 11.1 Å². The van der Waals surface area contributed by atoms with Crippen molar-refractivity contribution >= 4 is 11.5 Å². The standard InChI is InChI=1S/C14H23N3/c1-3-11-4-6-12(7-5-11)17-14-8-13(15)10(2)9-16-14/h8-9,11-12H,3-7H2,1-2H3,(H3,15,16,17). The van der Waals surface area contributed by atoms with E-state index in [4.69, 9.17) is 5.73 Å². The molecule has 17 heavy (non-hydrogen) atoms. The minimum absolute atomic E-state index is 0.576. The fourth-order valence-electron chi connectivity index (χ4n) is 2.54. The Hall–Kier alpha value is -1.25. The first-order chi connectivity index (χ1) is 8.19. The van der Waals surface area contributed by atoms with Crippen molar-refractivity contribution in [3.8, 4) is 0 Å². The van der Waals surface area contributed by atoms with Gasteiger partial charge in [-0.05, 0) is 44.1 Å². The summed E-state index contributed by atoms with van der Waals surface area (Å²) in [6.07, 6.45) is 8.37. The first-order valence-electron chi connectivity index (χ1n) is 6.67. The number of pyridine rings is 1. The van der Waals surface area contributed by atoms with E-state index in [1.165, 1.54) is 32.1 Å². The summed E-state index contributed by atoms with van der Waals surface area (Å²) in [7, 11) is 0. The Morgan fingerprint density at radius 3 is 2.65 bits per heavy atom. The Labute approximate surface area is 104 Å². The maximum Gasteiger partial charge on any atom is 0.128 e. The molecule has 94 valence electrons. The number of anilines is 2. The maximum absolute atomic E-state index is 5.89. The van der Waals surface area contributed by atoms with Gasteiger partial charge in [0.2, 0.25) is 0 Å². The second-order valence-electron chi connectivity index (χ2n) is 5.20. The van der Waals surface area contributed by atoms with E-state index in [1.54, 1.807) is 0 Å². The molecule has 1 fully saturated rings. The van der Waals surface area contributed by atoms with Gasteiger partial charge in [0, 0.05) is 24.0 Å². The monoisotopic (exact) mass is 233 g/mol. The number of aromatic nitrogens is 1. The Bertz CT molecular complexity index is 368. The predicted octanol–water partition coefficient (Wildman–Crippen LogP) is 3.35. The number of nitrogens with zero attached hydrogens (tertiary/aromatic N) is 1. The molecule has 3 N–H and O–H groups in total. The van der Waals surface area contributed by atoms with Gasteiger partial charge in [-0.25, -0.2) is 4.98 Å². The van der Waals surface area contributed by atoms with Gasteiger partial charge in [0.15, 0.2) is 0 Å². The molecular weight excluding hydrogens is 210 g/mol. The highest BCUT2D eigenvalue weighted by molar-refractivity contribution is 5.53. The number of hydrogen-bond acceptors (Lipinski definition) is 3. The van der Waals surface area contributed by atoms with Crippen molar-refractivity contribution in [1.29, 1.82) is 0 Å². The molecule has 2 rings (SSSR count). The molecular formula is C14H23N3. The summed E-state index contributed by atoms with van der Waals surface area (Å²) >= 11 is 0. The number of hydrogen-bond donors (Lipinski definition) is 2. The predicted molar refractivity (Wildman–Crippen MR) is 73.0 cm³/mol. The molecule has 1 saturated carbocycles. The maximum atomic E-state index is 5.89. The van der Waals surface area contributed by atoms with Crippen LogP contribution in [-0.4, -0.2) is 11.0 Å². The van der Waals surface area contributed by atoms with Crippen LogP contribution in [0.25, 0.3) is 0 Å². The van der Waals surface area contributed by atoms with Crippen LogP contribution in [0.3, 0.4) is 0 Å². The third-order valence-corrected chi connectivity index (χ3v) is 3.92. The molecule has 0 spiro atoms. The molecule has 3 heteroatoms. The molecule has 0 radical (unpaired) electrons. The first kappa shape index (κ1) is 12.2. The van der Waals surface area contributed by atoms with Crippen molar-refractivity contribution in [2.45, 2.75) is 52.0 Å². The zero-order valence-electron chi connectivity index (χ0n) is 10.9. The second kappa shape index (κ2) is 5.39. The minimum atomic E-state index is 0.576. The molecule has 1 aliphatic rings. The molecule has 3 nitrogen and oxygen atoms in total. The summed E-state index contributed by atoms with van der Waals surface area (Å²) in [5.74, 6) is 1.86. The van der Waals surface area contributed by atoms with Crippen molar-refractivity contribution in [2.24, 2.45) is 5.92 Å². The lowest BCUT2D eigenvalue weighted by atomic mass is 9.84. The van der Waals surface area contributed by atoms with E-state index < -0.39 is 0 Å². The van der Waals surface area contributed by atoms with Crippen molar-refractivity contribution in [3.63, 3.8) is 0 Å². The van der Waals surface area contributed by atoms with Gasteiger partial charge < -0.3 is 11.1 Å². The van der Waals surface area contributed by atoms with E-state index in [0.717, 1.165) is 23.0 Å². The quantitative estimate of drug-likeness (QED) is 0.841. The Balaban J connectivity index is 1.91. The molecule has 1 aromatic rings. The largest absolute Gasteiger partial charge is 0.398 e. The van der Waals surface area contributed by atoms with Gasteiger partial charge in [0.25, 0.3) is 0 Å². The molecule has 0 aliphatic heterocycles. The van der Waals surface area contributed by atoms with Crippen LogP contribution in [0.5, 0.6) is 0 Å². The highest BCUT2D eigenvalue weighted by Crippen LogP contribution is 2.28. The smallest absolute Gasteiger partial charge is 0.128 e. The second-order valence-corrected chi connectivity index (χ2v) is 5.20. The van der Waals surface area contributed by atoms with Gasteiger partial charge in [-0.3, -0.25) is 0 Å². The molecule has 0 unspecified atom stereocenters. The summed E-state index contributed by atoms with van der Waals surface area (Å²) in [6.45, 7) is 4.28. The fourth-order valence-corrected chi connectivity index (χ4v) is 2.54. The summed E-state index contributed by atoms with van der Waals surface area (Å²) in [6, 6.07) is 2.52. The SMILES string of the molecule is CCC1CCC(Nc2cc(N)c(C)cn2)CC1. The van der Waals surface area contributed by atoms with Gasteiger partial charge >= 0.3 is 0 Å². The van der Waals surface area contributed by atoms with Crippen LogP contribution in [0.1, 0.15) is 44.6 Å². The van der Waals surface area contributed by atoms with Crippen molar-refractivity contribution in [1.82, 2.24) is 4.98 Å². The normalized spacial score (nSPS) is 24.6.